The van der Waals surface area contributed by atoms with E-state index >= 15 is 0 Å². The smallest absolute Gasteiger partial charge is 0.224 e. The van der Waals surface area contributed by atoms with Gasteiger partial charge in [-0.15, -0.1) is 10.2 Å². The Hall–Kier alpha value is -1.69. The van der Waals surface area contributed by atoms with Crippen LogP contribution in [0.15, 0.2) is 6.20 Å². The molecule has 2 aromatic rings. The zero-order valence-electron chi connectivity index (χ0n) is 12.3. The number of aromatic nitrogens is 5. The molecule has 0 amide bonds. The number of rotatable bonds is 2. The summed E-state index contributed by atoms with van der Waals surface area (Å²) in [5, 5.41) is 9.13. The van der Waals surface area contributed by atoms with Gasteiger partial charge in [0.1, 0.15) is 17.1 Å². The molecule has 0 N–H and O–H groups in total. The van der Waals surface area contributed by atoms with E-state index in [4.69, 9.17) is 11.6 Å². The molecule has 0 aromatic carbocycles. The van der Waals surface area contributed by atoms with Crippen LogP contribution in [0.3, 0.4) is 0 Å². The Kier molecular flexibility index (Phi) is 2.58. The van der Waals surface area contributed by atoms with E-state index in [9.17, 15) is 0 Å². The highest BCUT2D eigenvalue weighted by Gasteiger charge is 2.58. The molecule has 110 valence electrons. The first kappa shape index (κ1) is 13.0. The van der Waals surface area contributed by atoms with Crippen LogP contribution in [-0.2, 0) is 12.0 Å². The summed E-state index contributed by atoms with van der Waals surface area (Å²) in [6.07, 6.45) is 4.76. The molecule has 0 unspecified atom stereocenters. The van der Waals surface area contributed by atoms with Crippen molar-refractivity contribution in [2.45, 2.75) is 51.6 Å². The fourth-order valence-electron chi connectivity index (χ4n) is 3.41. The molecule has 7 heteroatoms. The second-order valence-electron chi connectivity index (χ2n) is 5.97. The minimum absolute atomic E-state index is 0.0702. The van der Waals surface area contributed by atoms with Crippen molar-refractivity contribution >= 4 is 17.4 Å². The summed E-state index contributed by atoms with van der Waals surface area (Å²) in [7, 11) is 0. The van der Waals surface area contributed by atoms with Crippen LogP contribution in [0.5, 0.6) is 0 Å². The van der Waals surface area contributed by atoms with Crippen molar-refractivity contribution in [1.29, 1.82) is 0 Å². The van der Waals surface area contributed by atoms with Crippen LogP contribution in [0.1, 0.15) is 45.3 Å². The zero-order valence-corrected chi connectivity index (χ0v) is 13.1. The Balaban J connectivity index is 2.04. The number of nitrogens with zero attached hydrogens (tertiary/aromatic N) is 6. The Morgan fingerprint density at radius 3 is 2.71 bits per heavy atom. The van der Waals surface area contributed by atoms with Crippen molar-refractivity contribution in [3.63, 3.8) is 0 Å². The maximum Gasteiger partial charge on any atom is 0.224 e. The van der Waals surface area contributed by atoms with Gasteiger partial charge in [0.05, 0.1) is 6.20 Å². The molecule has 0 radical (unpaired) electrons. The van der Waals surface area contributed by atoms with E-state index in [2.05, 4.69) is 50.4 Å². The first-order valence-corrected chi connectivity index (χ1v) is 7.73. The van der Waals surface area contributed by atoms with Crippen LogP contribution >= 0.6 is 11.6 Å². The average molecular weight is 305 g/mol. The summed E-state index contributed by atoms with van der Waals surface area (Å²) < 4.78 is 2.12. The van der Waals surface area contributed by atoms with Crippen molar-refractivity contribution in [3.05, 3.63) is 23.1 Å². The van der Waals surface area contributed by atoms with Gasteiger partial charge >= 0.3 is 0 Å². The van der Waals surface area contributed by atoms with Crippen molar-refractivity contribution < 1.29 is 0 Å². The number of hydrogen-bond acceptors (Lipinski definition) is 5. The minimum Gasteiger partial charge on any atom is -0.339 e. The van der Waals surface area contributed by atoms with Crippen LogP contribution in [-0.4, -0.2) is 30.8 Å². The fraction of sp³-hybridized carbons (Fsp3) is 0.571. The lowest BCUT2D eigenvalue weighted by Crippen LogP contribution is -2.46. The van der Waals surface area contributed by atoms with Gasteiger partial charge in [-0.25, -0.2) is 4.98 Å². The molecule has 1 aliphatic carbocycles. The average Bonchev–Trinajstić information content (AvgIpc) is 3.09. The maximum atomic E-state index is 6.05. The first-order chi connectivity index (χ1) is 10.1. The van der Waals surface area contributed by atoms with Crippen LogP contribution in [0, 0.1) is 0 Å². The van der Waals surface area contributed by atoms with Gasteiger partial charge in [0, 0.05) is 12.5 Å². The third-order valence-corrected chi connectivity index (χ3v) is 4.54. The highest BCUT2D eigenvalue weighted by atomic mass is 35.5. The Morgan fingerprint density at radius 2 is 2.10 bits per heavy atom. The van der Waals surface area contributed by atoms with Crippen LogP contribution in [0.2, 0.25) is 5.28 Å². The van der Waals surface area contributed by atoms with Crippen LogP contribution in [0.25, 0.3) is 5.69 Å². The molecule has 0 atom stereocenters. The van der Waals surface area contributed by atoms with E-state index in [0.29, 0.717) is 6.04 Å². The number of anilines is 1. The second-order valence-corrected chi connectivity index (χ2v) is 6.31. The van der Waals surface area contributed by atoms with Crippen molar-refractivity contribution in [2.75, 3.05) is 4.90 Å². The van der Waals surface area contributed by atoms with Gasteiger partial charge in [0.25, 0.3) is 0 Å². The minimum atomic E-state index is -0.0702. The fourth-order valence-corrected chi connectivity index (χ4v) is 3.54. The molecular weight excluding hydrogens is 288 g/mol. The molecule has 4 rings (SSSR count). The quantitative estimate of drug-likeness (QED) is 0.798. The van der Waals surface area contributed by atoms with Crippen LogP contribution in [0.4, 0.5) is 5.82 Å². The molecule has 1 fully saturated rings. The monoisotopic (exact) mass is 304 g/mol. The largest absolute Gasteiger partial charge is 0.339 e. The molecule has 0 bridgehead atoms. The molecular formula is C14H17ClN6. The normalized spacial score (nSPS) is 18.0. The lowest BCUT2D eigenvalue weighted by Gasteiger charge is -2.40. The SMILES string of the molecule is CCc1nnc2n1-c1cnc(Cl)nc1N(C(C)C)C21CC1. The summed E-state index contributed by atoms with van der Waals surface area (Å²) in [6.45, 7) is 6.43. The zero-order chi connectivity index (χ0) is 14.8. The Labute approximate surface area is 128 Å². The lowest BCUT2D eigenvalue weighted by atomic mass is 10.1. The molecule has 2 aliphatic rings. The van der Waals surface area contributed by atoms with Crippen molar-refractivity contribution in [2.24, 2.45) is 0 Å². The maximum absolute atomic E-state index is 6.05. The standard InChI is InChI=1S/C14H17ClN6/c1-4-10-18-19-12-14(5-6-14)21(8(2)3)11-9(20(10)12)7-16-13(15)17-11/h7-8H,4-6H2,1-3H3. The number of halogens is 1. The van der Waals surface area contributed by atoms with Crippen LogP contribution < -0.4 is 4.90 Å². The highest BCUT2D eigenvalue weighted by Crippen LogP contribution is 2.56. The van der Waals surface area contributed by atoms with E-state index in [1.165, 1.54) is 0 Å². The summed E-state index contributed by atoms with van der Waals surface area (Å²) in [6, 6.07) is 0.313. The molecule has 0 saturated heterocycles. The number of aryl methyl sites for hydroxylation is 1. The Bertz CT molecular complexity index is 718. The number of hydrogen-bond donors (Lipinski definition) is 0. The molecule has 1 saturated carbocycles. The van der Waals surface area contributed by atoms with E-state index in [1.807, 2.05) is 0 Å². The molecule has 2 aromatic heterocycles. The summed E-state index contributed by atoms with van der Waals surface area (Å²) in [5.74, 6) is 2.86. The van der Waals surface area contributed by atoms with Gasteiger partial charge in [0.2, 0.25) is 5.28 Å². The van der Waals surface area contributed by atoms with Gasteiger partial charge in [0.15, 0.2) is 11.6 Å². The third-order valence-electron chi connectivity index (χ3n) is 4.35. The van der Waals surface area contributed by atoms with E-state index in [-0.39, 0.29) is 10.8 Å². The predicted octanol–water partition coefficient (Wildman–Crippen LogP) is 2.49. The topological polar surface area (TPSA) is 59.7 Å². The molecule has 3 heterocycles. The van der Waals surface area contributed by atoms with E-state index in [0.717, 1.165) is 42.4 Å². The first-order valence-electron chi connectivity index (χ1n) is 7.35. The third kappa shape index (κ3) is 1.59. The second kappa shape index (κ2) is 4.16. The van der Waals surface area contributed by atoms with Gasteiger partial charge in [-0.2, -0.15) is 4.98 Å². The lowest BCUT2D eigenvalue weighted by molar-refractivity contribution is 0.493. The van der Waals surface area contributed by atoms with Gasteiger partial charge < -0.3 is 4.90 Å². The molecule has 1 aliphatic heterocycles. The molecule has 21 heavy (non-hydrogen) atoms. The van der Waals surface area contributed by atoms with E-state index < -0.39 is 0 Å². The predicted molar refractivity (Wildman–Crippen MR) is 79.9 cm³/mol. The number of fused-ring (bicyclic) bond motifs is 4. The van der Waals surface area contributed by atoms with E-state index in [1.54, 1.807) is 6.20 Å². The van der Waals surface area contributed by atoms with Gasteiger partial charge in [-0.1, -0.05) is 6.92 Å². The Morgan fingerprint density at radius 1 is 1.33 bits per heavy atom. The summed E-state index contributed by atoms with van der Waals surface area (Å²) in [5.41, 5.74) is 0.863. The highest BCUT2D eigenvalue weighted by molar-refractivity contribution is 6.28. The molecule has 1 spiro atoms. The van der Waals surface area contributed by atoms with Gasteiger partial charge in [-0.3, -0.25) is 4.57 Å². The summed E-state index contributed by atoms with van der Waals surface area (Å²) in [4.78, 5) is 11.0. The van der Waals surface area contributed by atoms with Crippen molar-refractivity contribution in [3.8, 4) is 5.69 Å². The van der Waals surface area contributed by atoms with Gasteiger partial charge in [-0.05, 0) is 38.3 Å². The molecule has 6 nitrogen and oxygen atoms in total. The summed E-state index contributed by atoms with van der Waals surface area (Å²) >= 11 is 6.05. The van der Waals surface area contributed by atoms with Crippen molar-refractivity contribution in [1.82, 2.24) is 24.7 Å².